The summed E-state index contributed by atoms with van der Waals surface area (Å²) >= 11 is 0. The van der Waals surface area contributed by atoms with E-state index in [-0.39, 0.29) is 5.56 Å². The monoisotopic (exact) mass is 379 g/mol. The van der Waals surface area contributed by atoms with Crippen molar-refractivity contribution in [3.05, 3.63) is 60.3 Å². The number of anilines is 1. The minimum atomic E-state index is -0.924. The predicted octanol–water partition coefficient (Wildman–Crippen LogP) is 4.08. The molecule has 0 radical (unpaired) electrons. The fourth-order valence-electron chi connectivity index (χ4n) is 2.96. The molecular formula is C20H15F2N5O. The lowest BCUT2D eigenvalue weighted by molar-refractivity contribution is 0.419. The van der Waals surface area contributed by atoms with Crippen LogP contribution >= 0.6 is 0 Å². The van der Waals surface area contributed by atoms with Gasteiger partial charge in [-0.25, -0.2) is 18.7 Å². The number of halogens is 2. The predicted molar refractivity (Wildman–Crippen MR) is 102 cm³/mol. The second-order valence-corrected chi connectivity index (χ2v) is 5.93. The van der Waals surface area contributed by atoms with Crippen molar-refractivity contribution in [3.63, 3.8) is 0 Å². The summed E-state index contributed by atoms with van der Waals surface area (Å²) in [6.07, 6.45) is 1.56. The average Bonchev–Trinajstić information content (AvgIpc) is 2.74. The van der Waals surface area contributed by atoms with Crippen molar-refractivity contribution in [2.24, 2.45) is 0 Å². The van der Waals surface area contributed by atoms with E-state index in [1.165, 1.54) is 19.2 Å². The van der Waals surface area contributed by atoms with Gasteiger partial charge in [0.25, 0.3) is 0 Å². The Labute approximate surface area is 159 Å². The summed E-state index contributed by atoms with van der Waals surface area (Å²) in [7, 11) is 3.20. The number of aromatic nitrogens is 4. The number of hydrogen-bond donors (Lipinski definition) is 1. The van der Waals surface area contributed by atoms with E-state index in [9.17, 15) is 8.78 Å². The maximum atomic E-state index is 14.3. The molecule has 140 valence electrons. The highest BCUT2D eigenvalue weighted by Gasteiger charge is 2.17. The quantitative estimate of drug-likeness (QED) is 0.576. The molecule has 0 atom stereocenters. The molecular weight excluding hydrogens is 364 g/mol. The number of nitrogens with zero attached hydrogens (tertiary/aromatic N) is 4. The SMILES string of the molecule is CNc1nc(-c2cccnn2)nc2c(OC)cc(-c3cccc(F)c3F)cc12. The fraction of sp³-hybridized carbons (Fsp3) is 0.100. The molecule has 0 aliphatic rings. The highest BCUT2D eigenvalue weighted by Crippen LogP contribution is 2.36. The zero-order valence-electron chi connectivity index (χ0n) is 15.1. The van der Waals surface area contributed by atoms with Crippen LogP contribution in [0, 0.1) is 11.6 Å². The molecule has 1 N–H and O–H groups in total. The van der Waals surface area contributed by atoms with Gasteiger partial charge in [-0.2, -0.15) is 5.10 Å². The number of nitrogens with one attached hydrogen (secondary N) is 1. The van der Waals surface area contributed by atoms with Crippen LogP contribution in [-0.4, -0.2) is 34.3 Å². The molecule has 8 heteroatoms. The third-order valence-corrected chi connectivity index (χ3v) is 4.29. The van der Waals surface area contributed by atoms with Gasteiger partial charge >= 0.3 is 0 Å². The van der Waals surface area contributed by atoms with E-state index in [0.29, 0.717) is 39.6 Å². The number of rotatable bonds is 4. The number of benzene rings is 2. The second-order valence-electron chi connectivity index (χ2n) is 5.93. The highest BCUT2D eigenvalue weighted by molar-refractivity contribution is 5.97. The first-order chi connectivity index (χ1) is 13.6. The van der Waals surface area contributed by atoms with Gasteiger partial charge in [-0.3, -0.25) is 0 Å². The summed E-state index contributed by atoms with van der Waals surface area (Å²) in [6, 6.07) is 10.8. The van der Waals surface area contributed by atoms with Crippen LogP contribution < -0.4 is 10.1 Å². The van der Waals surface area contributed by atoms with Crippen molar-refractivity contribution < 1.29 is 13.5 Å². The Bertz CT molecular complexity index is 1170. The lowest BCUT2D eigenvalue weighted by atomic mass is 10.0. The van der Waals surface area contributed by atoms with Crippen LogP contribution in [0.5, 0.6) is 5.75 Å². The van der Waals surface area contributed by atoms with Gasteiger partial charge in [0.1, 0.15) is 22.8 Å². The van der Waals surface area contributed by atoms with Crippen molar-refractivity contribution in [2.75, 3.05) is 19.5 Å². The van der Waals surface area contributed by atoms with Gasteiger partial charge < -0.3 is 10.1 Å². The molecule has 2 heterocycles. The average molecular weight is 379 g/mol. The Morgan fingerprint density at radius 3 is 2.61 bits per heavy atom. The van der Waals surface area contributed by atoms with Gasteiger partial charge in [0.15, 0.2) is 17.5 Å². The maximum Gasteiger partial charge on any atom is 0.182 e. The third-order valence-electron chi connectivity index (χ3n) is 4.29. The van der Waals surface area contributed by atoms with Crippen LogP contribution in [-0.2, 0) is 0 Å². The van der Waals surface area contributed by atoms with E-state index in [1.54, 1.807) is 37.5 Å². The lowest BCUT2D eigenvalue weighted by Crippen LogP contribution is -2.02. The van der Waals surface area contributed by atoms with Crippen molar-refractivity contribution >= 4 is 16.7 Å². The molecule has 4 rings (SSSR count). The second kappa shape index (κ2) is 7.15. The molecule has 0 bridgehead atoms. The Hall–Kier alpha value is -3.68. The summed E-state index contributed by atoms with van der Waals surface area (Å²) in [5.74, 6) is -0.567. The van der Waals surface area contributed by atoms with E-state index in [2.05, 4.69) is 25.5 Å². The molecule has 0 saturated carbocycles. The molecule has 2 aromatic carbocycles. The normalized spacial score (nSPS) is 10.9. The van der Waals surface area contributed by atoms with E-state index in [4.69, 9.17) is 4.74 Å². The third kappa shape index (κ3) is 2.98. The van der Waals surface area contributed by atoms with E-state index in [0.717, 1.165) is 6.07 Å². The van der Waals surface area contributed by atoms with Crippen LogP contribution in [0.4, 0.5) is 14.6 Å². The van der Waals surface area contributed by atoms with E-state index < -0.39 is 11.6 Å². The standard InChI is InChI=1S/C20H15F2N5O/c1-23-19-13-9-11(12-5-3-6-14(21)17(12)22)10-16(28-2)18(13)25-20(26-19)15-7-4-8-24-27-15/h3-10H,1-2H3,(H,23,25,26). The first kappa shape index (κ1) is 17.7. The van der Waals surface area contributed by atoms with Crippen LogP contribution in [0.1, 0.15) is 0 Å². The minimum absolute atomic E-state index is 0.125. The van der Waals surface area contributed by atoms with Crippen molar-refractivity contribution in [2.45, 2.75) is 0 Å². The van der Waals surface area contributed by atoms with Crippen molar-refractivity contribution in [1.82, 2.24) is 20.2 Å². The van der Waals surface area contributed by atoms with Gasteiger partial charge in [0.05, 0.1) is 7.11 Å². The van der Waals surface area contributed by atoms with Gasteiger partial charge in [0.2, 0.25) is 0 Å². The van der Waals surface area contributed by atoms with Gasteiger partial charge in [-0.1, -0.05) is 12.1 Å². The molecule has 0 unspecified atom stereocenters. The zero-order chi connectivity index (χ0) is 19.7. The molecule has 0 spiro atoms. The number of fused-ring (bicyclic) bond motifs is 1. The topological polar surface area (TPSA) is 72.8 Å². The van der Waals surface area contributed by atoms with Crippen LogP contribution in [0.25, 0.3) is 33.5 Å². The lowest BCUT2D eigenvalue weighted by Gasteiger charge is -2.13. The Morgan fingerprint density at radius 1 is 1.04 bits per heavy atom. The highest BCUT2D eigenvalue weighted by atomic mass is 19.2. The zero-order valence-corrected chi connectivity index (χ0v) is 15.1. The minimum Gasteiger partial charge on any atom is -0.494 e. The van der Waals surface area contributed by atoms with Crippen molar-refractivity contribution in [1.29, 1.82) is 0 Å². The fourth-order valence-corrected chi connectivity index (χ4v) is 2.96. The number of hydrogen-bond acceptors (Lipinski definition) is 6. The summed E-state index contributed by atoms with van der Waals surface area (Å²) in [5, 5.41) is 11.5. The first-order valence-corrected chi connectivity index (χ1v) is 8.42. The van der Waals surface area contributed by atoms with Crippen molar-refractivity contribution in [3.8, 4) is 28.4 Å². The molecule has 4 aromatic rings. The van der Waals surface area contributed by atoms with Crippen LogP contribution in [0.3, 0.4) is 0 Å². The Kier molecular flexibility index (Phi) is 4.52. The maximum absolute atomic E-state index is 14.3. The summed E-state index contributed by atoms with van der Waals surface area (Å²) < 4.78 is 33.5. The molecule has 0 aliphatic carbocycles. The molecule has 0 amide bonds. The Balaban J connectivity index is 2.00. The summed E-state index contributed by atoms with van der Waals surface area (Å²) in [5.41, 5.74) is 1.60. The van der Waals surface area contributed by atoms with Gasteiger partial charge in [-0.15, -0.1) is 5.10 Å². The number of ether oxygens (including phenoxy) is 1. The van der Waals surface area contributed by atoms with Crippen LogP contribution in [0.2, 0.25) is 0 Å². The van der Waals surface area contributed by atoms with Gasteiger partial charge in [0, 0.05) is 24.2 Å². The molecule has 28 heavy (non-hydrogen) atoms. The molecule has 0 aliphatic heterocycles. The molecule has 0 fully saturated rings. The Morgan fingerprint density at radius 2 is 1.89 bits per heavy atom. The first-order valence-electron chi connectivity index (χ1n) is 8.42. The van der Waals surface area contributed by atoms with Crippen LogP contribution in [0.15, 0.2) is 48.7 Å². The molecule has 0 saturated heterocycles. The van der Waals surface area contributed by atoms with Gasteiger partial charge in [-0.05, 0) is 35.9 Å². The van der Waals surface area contributed by atoms with E-state index >= 15 is 0 Å². The largest absolute Gasteiger partial charge is 0.494 e. The number of methoxy groups -OCH3 is 1. The molecule has 2 aromatic heterocycles. The summed E-state index contributed by atoms with van der Waals surface area (Å²) in [4.78, 5) is 9.04. The molecule has 6 nitrogen and oxygen atoms in total. The summed E-state index contributed by atoms with van der Waals surface area (Å²) in [6.45, 7) is 0. The van der Waals surface area contributed by atoms with E-state index in [1.807, 2.05) is 0 Å². The smallest absolute Gasteiger partial charge is 0.182 e.